The molecule has 0 aliphatic heterocycles. The standard InChI is InChI=1S/C29H24Cl2N2O3S/c1-36-26-16-11-22(31)18-25(26)33-29(35)28(20-5-3-2-4-6-20)37-24-14-12-23(13-15-24)32-27(34)17-19-7-9-21(30)10-8-19/h2-16,18,28H,17H2,1H3,(H,32,34)(H,33,35). The van der Waals surface area contributed by atoms with Gasteiger partial charge in [-0.25, -0.2) is 0 Å². The van der Waals surface area contributed by atoms with E-state index in [1.54, 1.807) is 30.3 Å². The zero-order valence-corrected chi connectivity index (χ0v) is 22.2. The first-order chi connectivity index (χ1) is 17.9. The van der Waals surface area contributed by atoms with Crippen molar-refractivity contribution >= 4 is 58.2 Å². The van der Waals surface area contributed by atoms with E-state index in [1.165, 1.54) is 18.9 Å². The molecule has 0 aromatic heterocycles. The second-order valence-electron chi connectivity index (χ2n) is 8.12. The molecule has 1 unspecified atom stereocenters. The summed E-state index contributed by atoms with van der Waals surface area (Å²) in [6.45, 7) is 0. The number of methoxy groups -OCH3 is 1. The summed E-state index contributed by atoms with van der Waals surface area (Å²) in [4.78, 5) is 26.7. The fourth-order valence-corrected chi connectivity index (χ4v) is 4.95. The number of ether oxygens (including phenoxy) is 1. The van der Waals surface area contributed by atoms with Gasteiger partial charge in [0.15, 0.2) is 0 Å². The second kappa shape index (κ2) is 12.7. The molecule has 2 N–H and O–H groups in total. The second-order valence-corrected chi connectivity index (χ2v) is 10.2. The lowest BCUT2D eigenvalue weighted by Crippen LogP contribution is -2.19. The summed E-state index contributed by atoms with van der Waals surface area (Å²) in [6, 6.07) is 29.2. The summed E-state index contributed by atoms with van der Waals surface area (Å²) in [6.07, 6.45) is 0.247. The van der Waals surface area contributed by atoms with Crippen LogP contribution in [0.3, 0.4) is 0 Å². The molecule has 8 heteroatoms. The van der Waals surface area contributed by atoms with Crippen LogP contribution in [-0.4, -0.2) is 18.9 Å². The summed E-state index contributed by atoms with van der Waals surface area (Å²) >= 11 is 13.5. The van der Waals surface area contributed by atoms with Crippen LogP contribution in [0, 0.1) is 0 Å². The molecule has 188 valence electrons. The SMILES string of the molecule is COc1ccc(Cl)cc1NC(=O)C(Sc1ccc(NC(=O)Cc2ccc(Cl)cc2)cc1)c1ccccc1. The van der Waals surface area contributed by atoms with Crippen molar-refractivity contribution in [2.75, 3.05) is 17.7 Å². The van der Waals surface area contributed by atoms with Crippen molar-refractivity contribution in [3.8, 4) is 5.75 Å². The van der Waals surface area contributed by atoms with E-state index in [0.29, 0.717) is 27.2 Å². The maximum absolute atomic E-state index is 13.4. The van der Waals surface area contributed by atoms with Gasteiger partial charge in [0.25, 0.3) is 0 Å². The smallest absolute Gasteiger partial charge is 0.242 e. The first kappa shape index (κ1) is 26.6. The van der Waals surface area contributed by atoms with Crippen LogP contribution in [0.1, 0.15) is 16.4 Å². The van der Waals surface area contributed by atoms with Crippen LogP contribution in [0.15, 0.2) is 102 Å². The van der Waals surface area contributed by atoms with Crippen LogP contribution < -0.4 is 15.4 Å². The largest absolute Gasteiger partial charge is 0.495 e. The Bertz CT molecular complexity index is 1360. The van der Waals surface area contributed by atoms with Crippen molar-refractivity contribution in [2.45, 2.75) is 16.6 Å². The molecule has 0 heterocycles. The predicted octanol–water partition coefficient (Wildman–Crippen LogP) is 7.66. The van der Waals surface area contributed by atoms with Crippen molar-refractivity contribution in [3.63, 3.8) is 0 Å². The predicted molar refractivity (Wildman–Crippen MR) is 152 cm³/mol. The van der Waals surface area contributed by atoms with Gasteiger partial charge in [-0.2, -0.15) is 0 Å². The molecular weight excluding hydrogens is 527 g/mol. The van der Waals surface area contributed by atoms with Crippen molar-refractivity contribution < 1.29 is 14.3 Å². The molecule has 2 amide bonds. The first-order valence-corrected chi connectivity index (χ1v) is 13.0. The van der Waals surface area contributed by atoms with E-state index in [0.717, 1.165) is 16.0 Å². The molecule has 0 saturated carbocycles. The average molecular weight is 551 g/mol. The van der Waals surface area contributed by atoms with Gasteiger partial charge in [0.2, 0.25) is 11.8 Å². The third kappa shape index (κ3) is 7.52. The quantitative estimate of drug-likeness (QED) is 0.210. The van der Waals surface area contributed by atoms with Crippen molar-refractivity contribution in [1.29, 1.82) is 0 Å². The lowest BCUT2D eigenvalue weighted by Gasteiger charge is -2.18. The van der Waals surface area contributed by atoms with Gasteiger partial charge in [-0.05, 0) is 65.7 Å². The number of carbonyl (C=O) groups is 2. The van der Waals surface area contributed by atoms with Crippen molar-refractivity contribution in [1.82, 2.24) is 0 Å². The van der Waals surface area contributed by atoms with Gasteiger partial charge in [-0.3, -0.25) is 9.59 Å². The van der Waals surface area contributed by atoms with Crippen LogP contribution in [0.25, 0.3) is 0 Å². The topological polar surface area (TPSA) is 67.4 Å². The average Bonchev–Trinajstić information content (AvgIpc) is 2.90. The Morgan fingerprint density at radius 2 is 1.51 bits per heavy atom. The van der Waals surface area contributed by atoms with Crippen molar-refractivity contribution in [3.05, 3.63) is 118 Å². The Labute approximate surface area is 230 Å². The Balaban J connectivity index is 1.46. The number of halogens is 2. The maximum Gasteiger partial charge on any atom is 0.242 e. The molecule has 4 rings (SSSR count). The molecule has 0 fully saturated rings. The molecule has 1 atom stereocenters. The summed E-state index contributed by atoms with van der Waals surface area (Å²) in [5.74, 6) is 0.185. The molecule has 0 saturated heterocycles. The number of benzene rings is 4. The number of amides is 2. The molecule has 0 aliphatic carbocycles. The highest BCUT2D eigenvalue weighted by Gasteiger charge is 2.23. The summed E-state index contributed by atoms with van der Waals surface area (Å²) in [5.41, 5.74) is 2.90. The van der Waals surface area contributed by atoms with E-state index >= 15 is 0 Å². The van der Waals surface area contributed by atoms with Gasteiger partial charge in [-0.15, -0.1) is 11.8 Å². The summed E-state index contributed by atoms with van der Waals surface area (Å²) in [7, 11) is 1.54. The minimum atomic E-state index is -0.532. The van der Waals surface area contributed by atoms with Crippen LogP contribution in [0.5, 0.6) is 5.75 Å². The Morgan fingerprint density at radius 1 is 0.838 bits per heavy atom. The zero-order chi connectivity index (χ0) is 26.2. The molecule has 37 heavy (non-hydrogen) atoms. The maximum atomic E-state index is 13.4. The van der Waals surface area contributed by atoms with Crippen LogP contribution in [0.4, 0.5) is 11.4 Å². The van der Waals surface area contributed by atoms with E-state index in [2.05, 4.69) is 10.6 Å². The van der Waals surface area contributed by atoms with Gasteiger partial charge in [0.1, 0.15) is 11.0 Å². The molecule has 0 bridgehead atoms. The number of rotatable bonds is 9. The number of hydrogen-bond donors (Lipinski definition) is 2. The van der Waals surface area contributed by atoms with Gasteiger partial charge < -0.3 is 15.4 Å². The molecule has 0 aliphatic rings. The Morgan fingerprint density at radius 3 is 2.19 bits per heavy atom. The number of anilines is 2. The van der Waals surface area contributed by atoms with Crippen molar-refractivity contribution in [2.24, 2.45) is 0 Å². The fraction of sp³-hybridized carbons (Fsp3) is 0.103. The highest BCUT2D eigenvalue weighted by atomic mass is 35.5. The summed E-state index contributed by atoms with van der Waals surface area (Å²) in [5, 5.41) is 6.45. The normalized spacial score (nSPS) is 11.4. The lowest BCUT2D eigenvalue weighted by molar-refractivity contribution is -0.116. The van der Waals surface area contributed by atoms with Gasteiger partial charge in [0, 0.05) is 20.6 Å². The van der Waals surface area contributed by atoms with E-state index in [-0.39, 0.29) is 18.2 Å². The number of thioether (sulfide) groups is 1. The number of carbonyl (C=O) groups excluding carboxylic acids is 2. The molecular formula is C29H24Cl2N2O3S. The van der Waals surface area contributed by atoms with Crippen LogP contribution in [0.2, 0.25) is 10.0 Å². The summed E-state index contributed by atoms with van der Waals surface area (Å²) < 4.78 is 5.37. The molecule has 0 spiro atoms. The molecule has 5 nitrogen and oxygen atoms in total. The molecule has 4 aromatic carbocycles. The highest BCUT2D eigenvalue weighted by molar-refractivity contribution is 8.00. The van der Waals surface area contributed by atoms with Gasteiger partial charge in [0.05, 0.1) is 19.2 Å². The third-order valence-electron chi connectivity index (χ3n) is 5.43. The Kier molecular flexibility index (Phi) is 9.12. The van der Waals surface area contributed by atoms with E-state index < -0.39 is 5.25 Å². The van der Waals surface area contributed by atoms with E-state index in [9.17, 15) is 9.59 Å². The highest BCUT2D eigenvalue weighted by Crippen LogP contribution is 2.38. The number of hydrogen-bond acceptors (Lipinski definition) is 4. The van der Waals surface area contributed by atoms with E-state index in [4.69, 9.17) is 27.9 Å². The minimum absolute atomic E-state index is 0.125. The number of nitrogens with one attached hydrogen (secondary N) is 2. The first-order valence-electron chi connectivity index (χ1n) is 11.4. The fourth-order valence-electron chi connectivity index (χ4n) is 3.62. The lowest BCUT2D eigenvalue weighted by atomic mass is 10.1. The van der Waals surface area contributed by atoms with E-state index in [1.807, 2.05) is 66.7 Å². The van der Waals surface area contributed by atoms with Gasteiger partial charge >= 0.3 is 0 Å². The monoisotopic (exact) mass is 550 g/mol. The third-order valence-corrected chi connectivity index (χ3v) is 7.18. The zero-order valence-electron chi connectivity index (χ0n) is 19.9. The minimum Gasteiger partial charge on any atom is -0.495 e. The molecule has 4 aromatic rings. The molecule has 0 radical (unpaired) electrons. The van der Waals surface area contributed by atoms with Crippen LogP contribution >= 0.6 is 35.0 Å². The van der Waals surface area contributed by atoms with Gasteiger partial charge in [-0.1, -0.05) is 65.7 Å². The Hall–Kier alpha value is -3.45. The van der Waals surface area contributed by atoms with Crippen LogP contribution in [-0.2, 0) is 16.0 Å².